The van der Waals surface area contributed by atoms with Gasteiger partial charge in [0, 0.05) is 13.1 Å². The number of nitrogens with zero attached hydrogens (tertiary/aromatic N) is 3. The van der Waals surface area contributed by atoms with E-state index in [0.29, 0.717) is 25.3 Å². The summed E-state index contributed by atoms with van der Waals surface area (Å²) in [4.78, 5) is 26.9. The molecule has 0 radical (unpaired) electrons. The third-order valence-electron chi connectivity index (χ3n) is 4.71. The van der Waals surface area contributed by atoms with Gasteiger partial charge in [0.2, 0.25) is 5.91 Å². The van der Waals surface area contributed by atoms with Gasteiger partial charge >= 0.3 is 5.76 Å². The Morgan fingerprint density at radius 3 is 2.30 bits per heavy atom. The van der Waals surface area contributed by atoms with Crippen molar-refractivity contribution >= 4 is 5.91 Å². The molecule has 1 amide bonds. The number of carbonyl (C=O) groups is 1. The molecule has 30 heavy (non-hydrogen) atoms. The third kappa shape index (κ3) is 4.75. The molecule has 2 heterocycles. The molecule has 0 atom stereocenters. The Labute approximate surface area is 173 Å². The maximum absolute atomic E-state index is 13.0. The highest BCUT2D eigenvalue weighted by Crippen LogP contribution is 2.15. The summed E-state index contributed by atoms with van der Waals surface area (Å²) in [6, 6.07) is 23.0. The van der Waals surface area contributed by atoms with Crippen molar-refractivity contribution in [3.05, 3.63) is 101 Å². The second-order valence-electron chi connectivity index (χ2n) is 6.84. The second kappa shape index (κ2) is 9.09. The molecule has 0 saturated heterocycles. The van der Waals surface area contributed by atoms with Gasteiger partial charge in [0.1, 0.15) is 6.54 Å². The first-order chi connectivity index (χ1) is 14.7. The molecule has 0 unspecified atom stereocenters. The molecule has 0 spiro atoms. The molecule has 0 aliphatic rings. The highest BCUT2D eigenvalue weighted by atomic mass is 16.4. The predicted molar refractivity (Wildman–Crippen MR) is 110 cm³/mol. The first-order valence-corrected chi connectivity index (χ1v) is 9.66. The van der Waals surface area contributed by atoms with Crippen LogP contribution in [0.15, 0.2) is 92.7 Å². The molecule has 4 aromatic rings. The Morgan fingerprint density at radius 2 is 1.63 bits per heavy atom. The molecule has 0 saturated carbocycles. The van der Waals surface area contributed by atoms with Gasteiger partial charge in [0.25, 0.3) is 5.89 Å². The highest BCUT2D eigenvalue weighted by Gasteiger charge is 2.19. The van der Waals surface area contributed by atoms with Crippen molar-refractivity contribution in [2.75, 3.05) is 6.54 Å². The van der Waals surface area contributed by atoms with Crippen LogP contribution in [-0.2, 0) is 24.3 Å². The molecule has 2 aromatic heterocycles. The normalized spacial score (nSPS) is 10.8. The largest absolute Gasteiger partial charge is 0.459 e. The van der Waals surface area contributed by atoms with E-state index in [1.54, 1.807) is 17.0 Å². The van der Waals surface area contributed by atoms with E-state index in [9.17, 15) is 9.59 Å². The zero-order valence-electron chi connectivity index (χ0n) is 16.3. The van der Waals surface area contributed by atoms with E-state index >= 15 is 0 Å². The van der Waals surface area contributed by atoms with E-state index in [2.05, 4.69) is 5.10 Å². The molecular formula is C23H21N3O4. The number of hydrogen-bond acceptors (Lipinski definition) is 5. The van der Waals surface area contributed by atoms with Crippen molar-refractivity contribution in [3.63, 3.8) is 0 Å². The van der Waals surface area contributed by atoms with Gasteiger partial charge in [-0.3, -0.25) is 4.79 Å². The highest BCUT2D eigenvalue weighted by molar-refractivity contribution is 5.76. The number of hydrogen-bond donors (Lipinski definition) is 0. The van der Waals surface area contributed by atoms with Crippen molar-refractivity contribution in [1.29, 1.82) is 0 Å². The fraction of sp³-hybridized carbons (Fsp3) is 0.174. The number of aromatic nitrogens is 2. The van der Waals surface area contributed by atoms with E-state index in [0.717, 1.165) is 15.8 Å². The van der Waals surface area contributed by atoms with Gasteiger partial charge in [-0.25, -0.2) is 4.79 Å². The number of amides is 1. The van der Waals surface area contributed by atoms with Crippen LogP contribution in [0.25, 0.3) is 11.7 Å². The van der Waals surface area contributed by atoms with Crippen LogP contribution in [0.2, 0.25) is 0 Å². The molecular weight excluding hydrogens is 382 g/mol. The quantitative estimate of drug-likeness (QED) is 0.451. The average Bonchev–Trinajstić information content (AvgIpc) is 3.43. The van der Waals surface area contributed by atoms with Crippen LogP contribution >= 0.6 is 0 Å². The predicted octanol–water partition coefficient (Wildman–Crippen LogP) is 3.37. The van der Waals surface area contributed by atoms with Crippen molar-refractivity contribution in [1.82, 2.24) is 14.7 Å². The van der Waals surface area contributed by atoms with Crippen LogP contribution in [0, 0.1) is 0 Å². The van der Waals surface area contributed by atoms with Crippen LogP contribution in [-0.4, -0.2) is 27.1 Å². The fourth-order valence-electron chi connectivity index (χ4n) is 3.14. The van der Waals surface area contributed by atoms with Gasteiger partial charge < -0.3 is 13.7 Å². The SMILES string of the molecule is O=C(Cn1nc(-c2ccco2)oc1=O)N(CCc1ccccc1)Cc1ccccc1. The van der Waals surface area contributed by atoms with Crippen LogP contribution in [0.3, 0.4) is 0 Å². The van der Waals surface area contributed by atoms with Gasteiger partial charge in [0.05, 0.1) is 6.26 Å². The Kier molecular flexibility index (Phi) is 5.89. The van der Waals surface area contributed by atoms with Gasteiger partial charge in [-0.05, 0) is 29.7 Å². The molecule has 7 heteroatoms. The fourth-order valence-corrected chi connectivity index (χ4v) is 3.14. The lowest BCUT2D eigenvalue weighted by Crippen LogP contribution is -2.37. The van der Waals surface area contributed by atoms with Gasteiger partial charge in [-0.2, -0.15) is 4.68 Å². The molecule has 152 valence electrons. The summed E-state index contributed by atoms with van der Waals surface area (Å²) in [6.07, 6.45) is 2.18. The minimum Gasteiger partial charge on any atom is -0.459 e. The van der Waals surface area contributed by atoms with Crippen LogP contribution in [0.4, 0.5) is 0 Å². The maximum Gasteiger partial charge on any atom is 0.437 e. The molecule has 0 fully saturated rings. The maximum atomic E-state index is 13.0. The summed E-state index contributed by atoms with van der Waals surface area (Å²) in [5.41, 5.74) is 2.16. The lowest BCUT2D eigenvalue weighted by Gasteiger charge is -2.23. The number of rotatable bonds is 8. The van der Waals surface area contributed by atoms with Gasteiger partial charge in [-0.1, -0.05) is 60.7 Å². The molecule has 0 bridgehead atoms. The average molecular weight is 403 g/mol. The summed E-state index contributed by atoms with van der Waals surface area (Å²) >= 11 is 0. The zero-order chi connectivity index (χ0) is 20.8. The van der Waals surface area contributed by atoms with E-state index in [-0.39, 0.29) is 18.3 Å². The molecule has 2 aromatic carbocycles. The summed E-state index contributed by atoms with van der Waals surface area (Å²) in [6.45, 7) is 0.768. The van der Waals surface area contributed by atoms with E-state index < -0.39 is 5.76 Å². The van der Waals surface area contributed by atoms with Crippen LogP contribution < -0.4 is 5.76 Å². The molecule has 4 rings (SSSR count). The Morgan fingerprint density at radius 1 is 0.933 bits per heavy atom. The number of benzene rings is 2. The van der Waals surface area contributed by atoms with E-state index in [1.165, 1.54) is 6.26 Å². The Balaban J connectivity index is 1.50. The number of furan rings is 1. The van der Waals surface area contributed by atoms with E-state index in [4.69, 9.17) is 8.83 Å². The third-order valence-corrected chi connectivity index (χ3v) is 4.71. The number of carbonyl (C=O) groups excluding carboxylic acids is 1. The van der Waals surface area contributed by atoms with E-state index in [1.807, 2.05) is 60.7 Å². The van der Waals surface area contributed by atoms with Crippen LogP contribution in [0.1, 0.15) is 11.1 Å². The molecule has 7 nitrogen and oxygen atoms in total. The monoisotopic (exact) mass is 403 g/mol. The van der Waals surface area contributed by atoms with Crippen molar-refractivity contribution in [2.45, 2.75) is 19.5 Å². The smallest absolute Gasteiger partial charge is 0.437 e. The van der Waals surface area contributed by atoms with Crippen molar-refractivity contribution < 1.29 is 13.6 Å². The standard InChI is InChI=1S/C23H21N3O4/c27-21(17-26-23(28)30-22(24-26)20-12-7-15-29-20)25(16-19-10-5-2-6-11-19)14-13-18-8-3-1-4-9-18/h1-12,15H,13-14,16-17H2. The lowest BCUT2D eigenvalue weighted by molar-refractivity contribution is -0.132. The van der Waals surface area contributed by atoms with Gasteiger partial charge in [0.15, 0.2) is 5.76 Å². The summed E-state index contributed by atoms with van der Waals surface area (Å²) in [5, 5.41) is 4.10. The summed E-state index contributed by atoms with van der Waals surface area (Å²) < 4.78 is 11.4. The molecule has 0 aliphatic carbocycles. The van der Waals surface area contributed by atoms with Gasteiger partial charge in [-0.15, -0.1) is 5.10 Å². The zero-order valence-corrected chi connectivity index (χ0v) is 16.3. The molecule has 0 N–H and O–H groups in total. The molecule has 0 aliphatic heterocycles. The second-order valence-corrected chi connectivity index (χ2v) is 6.84. The summed E-state index contributed by atoms with van der Waals surface area (Å²) in [7, 11) is 0. The minimum absolute atomic E-state index is 0.0525. The van der Waals surface area contributed by atoms with Crippen molar-refractivity contribution in [2.24, 2.45) is 0 Å². The Bertz CT molecular complexity index is 1130. The summed E-state index contributed by atoms with van der Waals surface area (Å²) in [5.74, 6) is -0.520. The first-order valence-electron chi connectivity index (χ1n) is 9.66. The minimum atomic E-state index is -0.697. The topological polar surface area (TPSA) is 81.5 Å². The van der Waals surface area contributed by atoms with Crippen molar-refractivity contribution in [3.8, 4) is 11.7 Å². The first kappa shape index (κ1) is 19.4. The van der Waals surface area contributed by atoms with Crippen LogP contribution in [0.5, 0.6) is 0 Å². The Hall–Kier alpha value is -3.87. The lowest BCUT2D eigenvalue weighted by atomic mass is 10.1.